The largest absolute Gasteiger partial charge is 0.365 e. The number of nitrogens with one attached hydrogen (secondary N) is 1. The van der Waals surface area contributed by atoms with E-state index in [1.54, 1.807) is 35.4 Å². The summed E-state index contributed by atoms with van der Waals surface area (Å²) in [5.74, 6) is -0.606. The smallest absolute Gasteiger partial charge is 0.322 e. The van der Waals surface area contributed by atoms with Crippen molar-refractivity contribution in [2.75, 3.05) is 11.9 Å². The summed E-state index contributed by atoms with van der Waals surface area (Å²) in [5, 5.41) is 3.08. The predicted molar refractivity (Wildman–Crippen MR) is 90.1 cm³/mol. The number of carbonyl (C=O) groups excluding carboxylic acids is 2. The van der Waals surface area contributed by atoms with Gasteiger partial charge in [0.2, 0.25) is 0 Å². The van der Waals surface area contributed by atoms with Crippen LogP contribution in [0.2, 0.25) is 5.02 Å². The van der Waals surface area contributed by atoms with Gasteiger partial charge in [0.25, 0.3) is 5.91 Å². The van der Waals surface area contributed by atoms with Crippen molar-refractivity contribution in [3.63, 3.8) is 0 Å². The van der Waals surface area contributed by atoms with Gasteiger partial charge < -0.3 is 20.5 Å². The number of rotatable bonds is 2. The van der Waals surface area contributed by atoms with Crippen molar-refractivity contribution < 1.29 is 9.59 Å². The van der Waals surface area contributed by atoms with E-state index in [9.17, 15) is 9.59 Å². The highest BCUT2D eigenvalue weighted by Crippen LogP contribution is 2.26. The number of carbonyl (C=O) groups is 2. The number of amides is 3. The van der Waals surface area contributed by atoms with Crippen LogP contribution in [-0.4, -0.2) is 28.0 Å². The Bertz CT molecular complexity index is 851. The van der Waals surface area contributed by atoms with Crippen LogP contribution in [-0.2, 0) is 13.1 Å². The Kier molecular flexibility index (Phi) is 4.15. The predicted octanol–water partition coefficient (Wildman–Crippen LogP) is 2.84. The molecule has 0 saturated heterocycles. The Labute approximate surface area is 143 Å². The van der Waals surface area contributed by atoms with Crippen LogP contribution < -0.4 is 11.1 Å². The van der Waals surface area contributed by atoms with E-state index >= 15 is 0 Å². The summed E-state index contributed by atoms with van der Waals surface area (Å²) in [6.07, 6.45) is 1.66. The minimum absolute atomic E-state index is 0.247. The van der Waals surface area contributed by atoms with Crippen molar-refractivity contribution in [3.8, 4) is 0 Å². The highest BCUT2D eigenvalue weighted by Gasteiger charge is 2.27. The van der Waals surface area contributed by atoms with Crippen LogP contribution in [0.25, 0.3) is 4.85 Å². The molecule has 8 heteroatoms. The molecule has 122 valence electrons. The maximum atomic E-state index is 12.4. The minimum Gasteiger partial charge on any atom is -0.365 e. The van der Waals surface area contributed by atoms with Crippen molar-refractivity contribution in [1.29, 1.82) is 0 Å². The van der Waals surface area contributed by atoms with E-state index in [0.29, 0.717) is 35.2 Å². The van der Waals surface area contributed by atoms with Gasteiger partial charge in [0.15, 0.2) is 5.69 Å². The summed E-state index contributed by atoms with van der Waals surface area (Å²) >= 11 is 6.05. The number of nitrogens with two attached hydrogens (primary N) is 1. The third kappa shape index (κ3) is 2.92. The first kappa shape index (κ1) is 15.9. The third-order valence-electron chi connectivity index (χ3n) is 3.88. The second kappa shape index (κ2) is 6.26. The van der Waals surface area contributed by atoms with E-state index in [2.05, 4.69) is 10.2 Å². The van der Waals surface area contributed by atoms with E-state index < -0.39 is 5.91 Å². The number of primary amides is 1. The zero-order chi connectivity index (χ0) is 17.3. The van der Waals surface area contributed by atoms with Gasteiger partial charge in [-0.1, -0.05) is 23.7 Å². The number of hydrogen-bond acceptors (Lipinski definition) is 2. The van der Waals surface area contributed by atoms with Crippen LogP contribution in [0.1, 0.15) is 16.1 Å². The van der Waals surface area contributed by atoms with E-state index in [1.165, 1.54) is 0 Å². The standard InChI is InChI=1S/C16H14ClN5O2/c1-19-10-2-4-11(5-3-10)20-16(24)22-7-6-21-8-12(17)14(15(18)23)13(21)9-22/h2-5,8H,6-7,9H2,(H2,18,23)(H,20,24). The fourth-order valence-electron chi connectivity index (χ4n) is 2.67. The van der Waals surface area contributed by atoms with Gasteiger partial charge in [-0.2, -0.15) is 0 Å². The van der Waals surface area contributed by atoms with Gasteiger partial charge in [0.05, 0.1) is 29.4 Å². The molecule has 2 aromatic rings. The van der Waals surface area contributed by atoms with E-state index in [0.717, 1.165) is 0 Å². The molecule has 0 aliphatic carbocycles. The van der Waals surface area contributed by atoms with Crippen molar-refractivity contribution in [3.05, 3.63) is 58.2 Å². The molecule has 0 fully saturated rings. The molecular formula is C16H14ClN5O2. The number of benzene rings is 1. The average Bonchev–Trinajstić information content (AvgIpc) is 2.90. The van der Waals surface area contributed by atoms with Gasteiger partial charge in [-0.3, -0.25) is 4.79 Å². The van der Waals surface area contributed by atoms with Crippen molar-refractivity contribution >= 4 is 34.9 Å². The van der Waals surface area contributed by atoms with Crippen LogP contribution >= 0.6 is 11.6 Å². The molecule has 7 nitrogen and oxygen atoms in total. The number of nitrogens with zero attached hydrogens (tertiary/aromatic N) is 3. The summed E-state index contributed by atoms with van der Waals surface area (Å²) in [7, 11) is 0. The monoisotopic (exact) mass is 343 g/mol. The van der Waals surface area contributed by atoms with Gasteiger partial charge in [0.1, 0.15) is 0 Å². The molecular weight excluding hydrogens is 330 g/mol. The van der Waals surface area contributed by atoms with Gasteiger partial charge in [-0.15, -0.1) is 0 Å². The maximum absolute atomic E-state index is 12.4. The average molecular weight is 344 g/mol. The zero-order valence-corrected chi connectivity index (χ0v) is 13.4. The SMILES string of the molecule is [C-]#[N+]c1ccc(NC(=O)N2CCn3cc(Cl)c(C(N)=O)c3C2)cc1. The van der Waals surface area contributed by atoms with Crippen LogP contribution in [0.15, 0.2) is 30.5 Å². The number of aromatic nitrogens is 1. The molecule has 1 aromatic heterocycles. The van der Waals surface area contributed by atoms with Gasteiger partial charge in [-0.25, -0.2) is 9.64 Å². The second-order valence-corrected chi connectivity index (χ2v) is 5.77. The Morgan fingerprint density at radius 1 is 1.25 bits per heavy atom. The third-order valence-corrected chi connectivity index (χ3v) is 4.16. The van der Waals surface area contributed by atoms with E-state index in [-0.39, 0.29) is 18.1 Å². The first-order valence-electron chi connectivity index (χ1n) is 7.20. The van der Waals surface area contributed by atoms with Crippen LogP contribution in [0.3, 0.4) is 0 Å². The van der Waals surface area contributed by atoms with E-state index in [4.69, 9.17) is 23.9 Å². The Balaban J connectivity index is 1.76. The highest BCUT2D eigenvalue weighted by molar-refractivity contribution is 6.34. The van der Waals surface area contributed by atoms with Crippen molar-refractivity contribution in [2.24, 2.45) is 5.73 Å². The number of hydrogen-bond donors (Lipinski definition) is 2. The number of urea groups is 1. The normalized spacial score (nSPS) is 13.1. The number of fused-ring (bicyclic) bond motifs is 1. The van der Waals surface area contributed by atoms with Crippen LogP contribution in [0.5, 0.6) is 0 Å². The van der Waals surface area contributed by atoms with Gasteiger partial charge in [0, 0.05) is 25.0 Å². The molecule has 3 N–H and O–H groups in total. The first-order chi connectivity index (χ1) is 11.5. The van der Waals surface area contributed by atoms with Crippen molar-refractivity contribution in [1.82, 2.24) is 9.47 Å². The lowest BCUT2D eigenvalue weighted by atomic mass is 10.2. The number of anilines is 1. The summed E-state index contributed by atoms with van der Waals surface area (Å²) in [5.41, 5.74) is 7.37. The quantitative estimate of drug-likeness (QED) is 0.822. The molecule has 1 aliphatic heterocycles. The Morgan fingerprint density at radius 3 is 2.58 bits per heavy atom. The van der Waals surface area contributed by atoms with E-state index in [1.807, 2.05) is 4.57 Å². The fraction of sp³-hybridized carbons (Fsp3) is 0.188. The molecule has 3 rings (SSSR count). The number of halogens is 1. The molecule has 0 unspecified atom stereocenters. The van der Waals surface area contributed by atoms with Crippen LogP contribution in [0, 0.1) is 6.57 Å². The second-order valence-electron chi connectivity index (χ2n) is 5.37. The molecule has 0 bridgehead atoms. The maximum Gasteiger partial charge on any atom is 0.322 e. The molecule has 1 aromatic carbocycles. The summed E-state index contributed by atoms with van der Waals surface area (Å²) < 4.78 is 1.84. The first-order valence-corrected chi connectivity index (χ1v) is 7.58. The summed E-state index contributed by atoms with van der Waals surface area (Å²) in [6.45, 7) is 8.19. The fourth-order valence-corrected chi connectivity index (χ4v) is 2.99. The Morgan fingerprint density at radius 2 is 1.96 bits per heavy atom. The molecule has 0 saturated carbocycles. The molecule has 2 heterocycles. The lowest BCUT2D eigenvalue weighted by molar-refractivity contribution is 0.0997. The molecule has 24 heavy (non-hydrogen) atoms. The Hall–Kier alpha value is -2.98. The lowest BCUT2D eigenvalue weighted by Crippen LogP contribution is -2.41. The molecule has 3 amide bonds. The molecule has 1 aliphatic rings. The molecule has 0 atom stereocenters. The molecule has 0 spiro atoms. The topological polar surface area (TPSA) is 84.7 Å². The lowest BCUT2D eigenvalue weighted by Gasteiger charge is -2.29. The highest BCUT2D eigenvalue weighted by atomic mass is 35.5. The summed E-state index contributed by atoms with van der Waals surface area (Å²) in [4.78, 5) is 28.9. The zero-order valence-electron chi connectivity index (χ0n) is 12.6. The van der Waals surface area contributed by atoms with Gasteiger partial charge >= 0.3 is 6.03 Å². The molecule has 0 radical (unpaired) electrons. The van der Waals surface area contributed by atoms with Gasteiger partial charge in [-0.05, 0) is 12.1 Å². The minimum atomic E-state index is -0.606. The van der Waals surface area contributed by atoms with Crippen molar-refractivity contribution in [2.45, 2.75) is 13.1 Å². The summed E-state index contributed by atoms with van der Waals surface area (Å²) in [6, 6.07) is 6.32. The van der Waals surface area contributed by atoms with Crippen LogP contribution in [0.4, 0.5) is 16.2 Å².